The molecule has 0 bridgehead atoms. The maximum absolute atomic E-state index is 9.74. The van der Waals surface area contributed by atoms with Gasteiger partial charge in [0, 0.05) is 18.0 Å². The molecule has 3 N–H and O–H groups in total. The van der Waals surface area contributed by atoms with Crippen molar-refractivity contribution in [3.05, 3.63) is 23.5 Å². The van der Waals surface area contributed by atoms with Gasteiger partial charge in [-0.2, -0.15) is 0 Å². The first-order valence-corrected chi connectivity index (χ1v) is 5.36. The molecule has 0 amide bonds. The van der Waals surface area contributed by atoms with Gasteiger partial charge in [-0.05, 0) is 24.8 Å². The molecule has 4 nitrogen and oxygen atoms in total. The summed E-state index contributed by atoms with van der Waals surface area (Å²) >= 11 is 0. The Labute approximate surface area is 88.8 Å². The van der Waals surface area contributed by atoms with Crippen LogP contribution in [0.1, 0.15) is 30.1 Å². The van der Waals surface area contributed by atoms with Gasteiger partial charge in [-0.3, -0.25) is 0 Å². The van der Waals surface area contributed by atoms with E-state index in [4.69, 9.17) is 5.11 Å². The molecule has 4 heteroatoms. The van der Waals surface area contributed by atoms with Gasteiger partial charge in [-0.1, -0.05) is 0 Å². The van der Waals surface area contributed by atoms with E-state index in [-0.39, 0.29) is 12.7 Å². The molecular weight excluding hydrogens is 194 g/mol. The minimum atomic E-state index is -0.726. The molecule has 1 heterocycles. The van der Waals surface area contributed by atoms with Crippen molar-refractivity contribution in [1.82, 2.24) is 4.57 Å². The summed E-state index contributed by atoms with van der Waals surface area (Å²) in [7, 11) is 0. The molecule has 2 unspecified atom stereocenters. The van der Waals surface area contributed by atoms with E-state index in [1.807, 2.05) is 17.0 Å². The van der Waals surface area contributed by atoms with Crippen LogP contribution in [-0.4, -0.2) is 32.6 Å². The van der Waals surface area contributed by atoms with Gasteiger partial charge in [0.25, 0.3) is 0 Å². The number of rotatable bonds is 3. The van der Waals surface area contributed by atoms with Gasteiger partial charge in [0.2, 0.25) is 0 Å². The summed E-state index contributed by atoms with van der Waals surface area (Å²) in [6.45, 7) is 0.154. The van der Waals surface area contributed by atoms with Crippen molar-refractivity contribution in [1.29, 1.82) is 0 Å². The lowest BCUT2D eigenvalue weighted by atomic mass is 9.93. The van der Waals surface area contributed by atoms with E-state index in [0.29, 0.717) is 6.54 Å². The standard InChI is InChI=1S/C11H17NO3/c13-7-9(14)5-12-4-8-2-1-3-11(15)10(8)6-12/h4,6,9,11,13-15H,1-3,5,7H2. The van der Waals surface area contributed by atoms with Crippen molar-refractivity contribution in [2.75, 3.05) is 6.61 Å². The van der Waals surface area contributed by atoms with Gasteiger partial charge >= 0.3 is 0 Å². The first-order chi connectivity index (χ1) is 7.20. The van der Waals surface area contributed by atoms with E-state index in [1.54, 1.807) is 0 Å². The Bertz CT molecular complexity index is 335. The predicted molar refractivity (Wildman–Crippen MR) is 55.4 cm³/mol. The van der Waals surface area contributed by atoms with Crippen LogP contribution in [0, 0.1) is 0 Å². The molecule has 0 saturated carbocycles. The largest absolute Gasteiger partial charge is 0.394 e. The first kappa shape index (κ1) is 10.7. The Balaban J connectivity index is 2.14. The number of aromatic nitrogens is 1. The molecule has 0 spiro atoms. The fourth-order valence-electron chi connectivity index (χ4n) is 2.13. The Morgan fingerprint density at radius 1 is 1.47 bits per heavy atom. The highest BCUT2D eigenvalue weighted by atomic mass is 16.3. The van der Waals surface area contributed by atoms with E-state index in [1.165, 1.54) is 5.56 Å². The van der Waals surface area contributed by atoms with Gasteiger partial charge in [-0.25, -0.2) is 0 Å². The van der Waals surface area contributed by atoms with Crippen LogP contribution in [0.2, 0.25) is 0 Å². The molecule has 0 aliphatic heterocycles. The minimum Gasteiger partial charge on any atom is -0.394 e. The normalized spacial score (nSPS) is 22.5. The lowest BCUT2D eigenvalue weighted by Gasteiger charge is -2.16. The SMILES string of the molecule is OCC(O)Cn1cc2c(c1)C(O)CCC2. The second-order valence-corrected chi connectivity index (χ2v) is 4.18. The van der Waals surface area contributed by atoms with E-state index in [0.717, 1.165) is 24.8 Å². The molecule has 2 rings (SSSR count). The molecule has 0 radical (unpaired) electrons. The molecule has 15 heavy (non-hydrogen) atoms. The lowest BCUT2D eigenvalue weighted by Crippen LogP contribution is -2.18. The zero-order chi connectivity index (χ0) is 10.8. The zero-order valence-electron chi connectivity index (χ0n) is 8.63. The monoisotopic (exact) mass is 211 g/mol. The van der Waals surface area contributed by atoms with Crippen LogP contribution in [0.15, 0.2) is 12.4 Å². The minimum absolute atomic E-state index is 0.231. The van der Waals surface area contributed by atoms with Gasteiger partial charge in [0.05, 0.1) is 25.4 Å². The maximum Gasteiger partial charge on any atom is 0.0949 e. The molecule has 84 valence electrons. The molecule has 0 aromatic carbocycles. The number of nitrogens with zero attached hydrogens (tertiary/aromatic N) is 1. The molecule has 1 aliphatic rings. The van der Waals surface area contributed by atoms with E-state index < -0.39 is 6.10 Å². The molecule has 1 aromatic rings. The fourth-order valence-corrected chi connectivity index (χ4v) is 2.13. The van der Waals surface area contributed by atoms with Crippen LogP contribution in [0.5, 0.6) is 0 Å². The third-order valence-electron chi connectivity index (χ3n) is 2.91. The Hall–Kier alpha value is -0.840. The van der Waals surface area contributed by atoms with Crippen LogP contribution in [0.4, 0.5) is 0 Å². The smallest absolute Gasteiger partial charge is 0.0949 e. The second kappa shape index (κ2) is 4.35. The van der Waals surface area contributed by atoms with E-state index in [9.17, 15) is 10.2 Å². The quantitative estimate of drug-likeness (QED) is 0.669. The molecular formula is C11H17NO3. The van der Waals surface area contributed by atoms with Gasteiger partial charge in [0.15, 0.2) is 0 Å². The van der Waals surface area contributed by atoms with Crippen LogP contribution < -0.4 is 0 Å². The van der Waals surface area contributed by atoms with Crippen LogP contribution in [-0.2, 0) is 13.0 Å². The number of aliphatic hydroxyl groups excluding tert-OH is 3. The van der Waals surface area contributed by atoms with Crippen molar-refractivity contribution in [2.45, 2.75) is 38.0 Å². The molecule has 1 aliphatic carbocycles. The fraction of sp³-hybridized carbons (Fsp3) is 0.636. The average Bonchev–Trinajstić information content (AvgIpc) is 2.62. The summed E-state index contributed by atoms with van der Waals surface area (Å²) in [4.78, 5) is 0. The summed E-state index contributed by atoms with van der Waals surface area (Å²) in [6.07, 6.45) is 5.57. The van der Waals surface area contributed by atoms with E-state index >= 15 is 0 Å². The van der Waals surface area contributed by atoms with Gasteiger partial charge in [-0.15, -0.1) is 0 Å². The first-order valence-electron chi connectivity index (χ1n) is 5.36. The molecule has 0 fully saturated rings. The maximum atomic E-state index is 9.74. The third-order valence-corrected chi connectivity index (χ3v) is 2.91. The topological polar surface area (TPSA) is 65.6 Å². The highest BCUT2D eigenvalue weighted by Crippen LogP contribution is 2.30. The number of fused-ring (bicyclic) bond motifs is 1. The van der Waals surface area contributed by atoms with Crippen molar-refractivity contribution in [3.63, 3.8) is 0 Å². The Morgan fingerprint density at radius 2 is 2.27 bits per heavy atom. The lowest BCUT2D eigenvalue weighted by molar-refractivity contribution is 0.0811. The van der Waals surface area contributed by atoms with Crippen LogP contribution in [0.3, 0.4) is 0 Å². The van der Waals surface area contributed by atoms with Crippen LogP contribution >= 0.6 is 0 Å². The van der Waals surface area contributed by atoms with Crippen molar-refractivity contribution < 1.29 is 15.3 Å². The number of aryl methyl sites for hydroxylation is 1. The van der Waals surface area contributed by atoms with Crippen molar-refractivity contribution >= 4 is 0 Å². The van der Waals surface area contributed by atoms with Gasteiger partial charge < -0.3 is 19.9 Å². The summed E-state index contributed by atoms with van der Waals surface area (Å²) < 4.78 is 1.85. The Morgan fingerprint density at radius 3 is 2.93 bits per heavy atom. The predicted octanol–water partition coefficient (Wildman–Crippen LogP) is 0.211. The number of aliphatic hydroxyl groups is 3. The third kappa shape index (κ3) is 2.22. The summed E-state index contributed by atoms with van der Waals surface area (Å²) in [5.41, 5.74) is 2.14. The second-order valence-electron chi connectivity index (χ2n) is 4.18. The summed E-state index contributed by atoms with van der Waals surface area (Å²) in [5.74, 6) is 0. The highest BCUT2D eigenvalue weighted by molar-refractivity contribution is 5.29. The number of hydrogen-bond acceptors (Lipinski definition) is 3. The molecule has 2 atom stereocenters. The summed E-state index contributed by atoms with van der Waals surface area (Å²) in [5, 5.41) is 27.8. The number of hydrogen-bond donors (Lipinski definition) is 3. The van der Waals surface area contributed by atoms with Gasteiger partial charge in [0.1, 0.15) is 0 Å². The highest BCUT2D eigenvalue weighted by Gasteiger charge is 2.20. The van der Waals surface area contributed by atoms with Crippen molar-refractivity contribution in [2.24, 2.45) is 0 Å². The average molecular weight is 211 g/mol. The molecule has 0 saturated heterocycles. The molecule has 1 aromatic heterocycles. The zero-order valence-corrected chi connectivity index (χ0v) is 8.63. The van der Waals surface area contributed by atoms with E-state index in [2.05, 4.69) is 0 Å². The summed E-state index contributed by atoms with van der Waals surface area (Å²) in [6, 6.07) is 0. The Kier molecular flexibility index (Phi) is 3.09. The van der Waals surface area contributed by atoms with Crippen LogP contribution in [0.25, 0.3) is 0 Å². The van der Waals surface area contributed by atoms with Crippen molar-refractivity contribution in [3.8, 4) is 0 Å².